The SMILES string of the molecule is CCC(C)[C@H](c1cccc(C)c1C)N1CCNCC1. The lowest BCUT2D eigenvalue weighted by molar-refractivity contribution is 0.128. The van der Waals surface area contributed by atoms with Crippen molar-refractivity contribution >= 4 is 0 Å². The predicted molar refractivity (Wildman–Crippen MR) is 82.6 cm³/mol. The van der Waals surface area contributed by atoms with Crippen LogP contribution in [-0.4, -0.2) is 31.1 Å². The van der Waals surface area contributed by atoms with Crippen LogP contribution in [0.5, 0.6) is 0 Å². The van der Waals surface area contributed by atoms with E-state index in [1.807, 2.05) is 0 Å². The van der Waals surface area contributed by atoms with Crippen molar-refractivity contribution in [3.63, 3.8) is 0 Å². The molecule has 1 aromatic carbocycles. The molecular weight excluding hydrogens is 232 g/mol. The van der Waals surface area contributed by atoms with E-state index in [0.29, 0.717) is 12.0 Å². The van der Waals surface area contributed by atoms with Crippen LogP contribution < -0.4 is 5.32 Å². The summed E-state index contributed by atoms with van der Waals surface area (Å²) in [6.07, 6.45) is 1.24. The molecule has 0 saturated carbocycles. The monoisotopic (exact) mass is 260 g/mol. The standard InChI is InChI=1S/C17H28N2/c1-5-13(2)17(19-11-9-18-10-12-19)16-8-6-7-14(3)15(16)4/h6-8,13,17-18H,5,9-12H2,1-4H3/t13?,17-/m1/s1. The minimum absolute atomic E-state index is 0.576. The Morgan fingerprint density at radius 1 is 1.21 bits per heavy atom. The number of nitrogens with one attached hydrogen (secondary N) is 1. The fourth-order valence-electron chi connectivity index (χ4n) is 3.14. The highest BCUT2D eigenvalue weighted by atomic mass is 15.2. The Labute approximate surface area is 118 Å². The minimum atomic E-state index is 0.576. The molecule has 19 heavy (non-hydrogen) atoms. The van der Waals surface area contributed by atoms with Crippen LogP contribution in [0, 0.1) is 19.8 Å². The number of hydrogen-bond acceptors (Lipinski definition) is 2. The van der Waals surface area contributed by atoms with E-state index in [9.17, 15) is 0 Å². The Hall–Kier alpha value is -0.860. The Kier molecular flexibility index (Phi) is 5.00. The van der Waals surface area contributed by atoms with E-state index in [1.165, 1.54) is 36.2 Å². The van der Waals surface area contributed by atoms with Crippen molar-refractivity contribution in [2.75, 3.05) is 26.2 Å². The second kappa shape index (κ2) is 6.53. The third kappa shape index (κ3) is 3.18. The fourth-order valence-corrected chi connectivity index (χ4v) is 3.14. The molecule has 2 atom stereocenters. The first-order valence-electron chi connectivity index (χ1n) is 7.66. The maximum absolute atomic E-state index is 3.46. The molecule has 0 bridgehead atoms. The summed E-state index contributed by atoms with van der Waals surface area (Å²) < 4.78 is 0. The normalized spacial score (nSPS) is 20.2. The van der Waals surface area contributed by atoms with Crippen molar-refractivity contribution in [2.24, 2.45) is 5.92 Å². The highest BCUT2D eigenvalue weighted by Gasteiger charge is 2.27. The average Bonchev–Trinajstić information content (AvgIpc) is 2.44. The van der Waals surface area contributed by atoms with Crippen molar-refractivity contribution < 1.29 is 0 Å². The average molecular weight is 260 g/mol. The van der Waals surface area contributed by atoms with Crippen LogP contribution in [0.25, 0.3) is 0 Å². The van der Waals surface area contributed by atoms with Crippen LogP contribution in [0.2, 0.25) is 0 Å². The molecule has 2 nitrogen and oxygen atoms in total. The summed E-state index contributed by atoms with van der Waals surface area (Å²) >= 11 is 0. The van der Waals surface area contributed by atoms with Crippen LogP contribution in [0.1, 0.15) is 43.0 Å². The molecule has 0 aromatic heterocycles. The quantitative estimate of drug-likeness (QED) is 0.893. The molecule has 0 radical (unpaired) electrons. The summed E-state index contributed by atoms with van der Waals surface area (Å²) in [5.41, 5.74) is 4.43. The molecule has 1 aliphatic heterocycles. The lowest BCUT2D eigenvalue weighted by atomic mass is 9.87. The van der Waals surface area contributed by atoms with Gasteiger partial charge in [0.1, 0.15) is 0 Å². The summed E-state index contributed by atoms with van der Waals surface area (Å²) in [5.74, 6) is 0.707. The van der Waals surface area contributed by atoms with Crippen molar-refractivity contribution in [1.29, 1.82) is 0 Å². The van der Waals surface area contributed by atoms with E-state index in [4.69, 9.17) is 0 Å². The van der Waals surface area contributed by atoms with Gasteiger partial charge in [-0.2, -0.15) is 0 Å². The van der Waals surface area contributed by atoms with E-state index in [-0.39, 0.29) is 0 Å². The Bertz CT molecular complexity index is 408. The predicted octanol–water partition coefficient (Wildman–Crippen LogP) is 3.30. The Morgan fingerprint density at radius 3 is 2.53 bits per heavy atom. The number of nitrogens with zero attached hydrogens (tertiary/aromatic N) is 1. The molecule has 2 heteroatoms. The van der Waals surface area contributed by atoms with Crippen LogP contribution in [0.4, 0.5) is 0 Å². The molecule has 106 valence electrons. The van der Waals surface area contributed by atoms with E-state index in [2.05, 4.69) is 56.1 Å². The van der Waals surface area contributed by atoms with E-state index >= 15 is 0 Å². The third-order valence-corrected chi connectivity index (χ3v) is 4.69. The Morgan fingerprint density at radius 2 is 1.89 bits per heavy atom. The largest absolute Gasteiger partial charge is 0.314 e. The van der Waals surface area contributed by atoms with Gasteiger partial charge in [0.15, 0.2) is 0 Å². The zero-order valence-corrected chi connectivity index (χ0v) is 12.9. The van der Waals surface area contributed by atoms with Gasteiger partial charge in [-0.15, -0.1) is 0 Å². The molecule has 2 rings (SSSR count). The van der Waals surface area contributed by atoms with Crippen molar-refractivity contribution in [2.45, 2.75) is 40.2 Å². The summed E-state index contributed by atoms with van der Waals surface area (Å²) in [6.45, 7) is 13.8. The second-order valence-electron chi connectivity index (χ2n) is 5.91. The van der Waals surface area contributed by atoms with Crippen LogP contribution in [0.3, 0.4) is 0 Å². The first kappa shape index (κ1) is 14.5. The topological polar surface area (TPSA) is 15.3 Å². The maximum atomic E-state index is 3.46. The smallest absolute Gasteiger partial charge is 0.0377 e. The molecule has 0 amide bonds. The van der Waals surface area contributed by atoms with Gasteiger partial charge >= 0.3 is 0 Å². The number of hydrogen-bond donors (Lipinski definition) is 1. The van der Waals surface area contributed by atoms with Gasteiger partial charge in [-0.05, 0) is 36.5 Å². The highest BCUT2D eigenvalue weighted by Crippen LogP contribution is 2.33. The molecule has 1 aromatic rings. The fraction of sp³-hybridized carbons (Fsp3) is 0.647. The van der Waals surface area contributed by atoms with Gasteiger partial charge in [0, 0.05) is 32.2 Å². The third-order valence-electron chi connectivity index (χ3n) is 4.69. The molecule has 0 spiro atoms. The van der Waals surface area contributed by atoms with Gasteiger partial charge in [0.05, 0.1) is 0 Å². The van der Waals surface area contributed by atoms with Gasteiger partial charge in [0.2, 0.25) is 0 Å². The van der Waals surface area contributed by atoms with Gasteiger partial charge in [-0.1, -0.05) is 38.5 Å². The lowest BCUT2D eigenvalue weighted by Gasteiger charge is -2.39. The van der Waals surface area contributed by atoms with Crippen molar-refractivity contribution in [1.82, 2.24) is 10.2 Å². The minimum Gasteiger partial charge on any atom is -0.314 e. The zero-order chi connectivity index (χ0) is 13.8. The maximum Gasteiger partial charge on any atom is 0.0377 e. The summed E-state index contributed by atoms with van der Waals surface area (Å²) in [6, 6.07) is 7.35. The first-order chi connectivity index (χ1) is 9.15. The molecule has 1 N–H and O–H groups in total. The molecule has 1 aliphatic rings. The summed E-state index contributed by atoms with van der Waals surface area (Å²) in [4.78, 5) is 2.67. The molecule has 1 unspecified atom stereocenters. The number of benzene rings is 1. The van der Waals surface area contributed by atoms with Crippen LogP contribution >= 0.6 is 0 Å². The van der Waals surface area contributed by atoms with Gasteiger partial charge in [0.25, 0.3) is 0 Å². The van der Waals surface area contributed by atoms with Crippen LogP contribution in [0.15, 0.2) is 18.2 Å². The number of aryl methyl sites for hydroxylation is 1. The lowest BCUT2D eigenvalue weighted by Crippen LogP contribution is -2.46. The van der Waals surface area contributed by atoms with Crippen molar-refractivity contribution in [3.05, 3.63) is 34.9 Å². The first-order valence-corrected chi connectivity index (χ1v) is 7.66. The van der Waals surface area contributed by atoms with Gasteiger partial charge in [-0.3, -0.25) is 4.90 Å². The molecule has 1 saturated heterocycles. The second-order valence-corrected chi connectivity index (χ2v) is 5.91. The van der Waals surface area contributed by atoms with Crippen LogP contribution in [-0.2, 0) is 0 Å². The number of rotatable bonds is 4. The molecular formula is C17H28N2. The van der Waals surface area contributed by atoms with Gasteiger partial charge in [-0.25, -0.2) is 0 Å². The summed E-state index contributed by atoms with van der Waals surface area (Å²) in [7, 11) is 0. The van der Waals surface area contributed by atoms with Crippen molar-refractivity contribution in [3.8, 4) is 0 Å². The van der Waals surface area contributed by atoms with Gasteiger partial charge < -0.3 is 5.32 Å². The summed E-state index contributed by atoms with van der Waals surface area (Å²) in [5, 5.41) is 3.46. The van der Waals surface area contributed by atoms with E-state index < -0.39 is 0 Å². The number of piperazine rings is 1. The van der Waals surface area contributed by atoms with E-state index in [0.717, 1.165) is 13.1 Å². The van der Waals surface area contributed by atoms with E-state index in [1.54, 1.807) is 0 Å². The molecule has 0 aliphatic carbocycles. The molecule has 1 heterocycles. The highest BCUT2D eigenvalue weighted by molar-refractivity contribution is 5.35. The zero-order valence-electron chi connectivity index (χ0n) is 12.9. The molecule has 1 fully saturated rings. The Balaban J connectivity index is 2.33.